The smallest absolute Gasteiger partial charge is 0.254 e. The van der Waals surface area contributed by atoms with Gasteiger partial charge >= 0.3 is 0 Å². The molecule has 130 valence electrons. The van der Waals surface area contributed by atoms with Crippen LogP contribution in [0.25, 0.3) is 0 Å². The fourth-order valence-electron chi connectivity index (χ4n) is 3.12. The minimum absolute atomic E-state index is 0.0717. The van der Waals surface area contributed by atoms with Crippen molar-refractivity contribution in [3.05, 3.63) is 52.2 Å². The van der Waals surface area contributed by atoms with E-state index in [0.717, 1.165) is 24.9 Å². The van der Waals surface area contributed by atoms with Gasteiger partial charge in [-0.15, -0.1) is 0 Å². The van der Waals surface area contributed by atoms with Crippen LogP contribution in [0.3, 0.4) is 0 Å². The summed E-state index contributed by atoms with van der Waals surface area (Å²) in [7, 11) is 0. The molecule has 2 aromatic rings. The second-order valence-corrected chi connectivity index (χ2v) is 7.96. The Hall–Kier alpha value is -2.14. The lowest BCUT2D eigenvalue weighted by Gasteiger charge is -2.22. The average molecular weight is 354 g/mol. The fraction of sp³-hybridized carbons (Fsp3) is 0.400. The average Bonchev–Trinajstić information content (AvgIpc) is 3.53. The molecule has 2 fully saturated rings. The lowest BCUT2D eigenvalue weighted by atomic mass is 10.1. The molecule has 2 aliphatic carbocycles. The van der Waals surface area contributed by atoms with E-state index in [2.05, 4.69) is 23.7 Å². The maximum absolute atomic E-state index is 12.9. The summed E-state index contributed by atoms with van der Waals surface area (Å²) in [4.78, 5) is 26.9. The number of nitrogens with zero attached hydrogens (tertiary/aromatic N) is 1. The Morgan fingerprint density at radius 3 is 2.48 bits per heavy atom. The van der Waals surface area contributed by atoms with Crippen LogP contribution in [0.15, 0.2) is 41.1 Å². The lowest BCUT2D eigenvalue weighted by Crippen LogP contribution is -2.32. The van der Waals surface area contributed by atoms with Crippen LogP contribution in [0, 0.1) is 11.8 Å². The zero-order valence-corrected chi connectivity index (χ0v) is 15.1. The van der Waals surface area contributed by atoms with E-state index < -0.39 is 0 Å². The Morgan fingerprint density at radius 1 is 1.20 bits per heavy atom. The summed E-state index contributed by atoms with van der Waals surface area (Å²) in [6.45, 7) is 2.76. The molecule has 0 saturated heterocycles. The Labute approximate surface area is 151 Å². The fourth-order valence-corrected chi connectivity index (χ4v) is 3.78. The van der Waals surface area contributed by atoms with Crippen LogP contribution in [0.1, 0.15) is 42.1 Å². The molecular formula is C20H22N2O2S. The van der Waals surface area contributed by atoms with Gasteiger partial charge in [0.05, 0.1) is 0 Å². The molecule has 4 rings (SSSR count). The molecule has 4 nitrogen and oxygen atoms in total. The van der Waals surface area contributed by atoms with E-state index >= 15 is 0 Å². The summed E-state index contributed by atoms with van der Waals surface area (Å²) < 4.78 is 0. The van der Waals surface area contributed by atoms with Gasteiger partial charge in [-0.05, 0) is 71.8 Å². The van der Waals surface area contributed by atoms with E-state index in [4.69, 9.17) is 0 Å². The summed E-state index contributed by atoms with van der Waals surface area (Å²) in [5.41, 5.74) is 2.63. The molecule has 1 aromatic heterocycles. The van der Waals surface area contributed by atoms with Crippen LogP contribution in [0.2, 0.25) is 0 Å². The van der Waals surface area contributed by atoms with Crippen molar-refractivity contribution in [1.29, 1.82) is 0 Å². The molecule has 0 aliphatic heterocycles. The van der Waals surface area contributed by atoms with Gasteiger partial charge in [0.25, 0.3) is 5.91 Å². The van der Waals surface area contributed by atoms with Crippen LogP contribution in [-0.2, 0) is 11.3 Å². The third kappa shape index (κ3) is 3.76. The first-order valence-corrected chi connectivity index (χ1v) is 9.79. The van der Waals surface area contributed by atoms with Crippen LogP contribution >= 0.6 is 11.3 Å². The first-order chi connectivity index (χ1) is 12.1. The van der Waals surface area contributed by atoms with Gasteiger partial charge in [0.15, 0.2) is 0 Å². The SMILES string of the molecule is CC1CC1C(=O)Nc1ccc(C(=O)N(Cc2ccsc2)C2CC2)cc1. The first kappa shape index (κ1) is 16.3. The third-order valence-electron chi connectivity index (χ3n) is 5.03. The zero-order chi connectivity index (χ0) is 17.4. The van der Waals surface area contributed by atoms with Crippen molar-refractivity contribution in [3.63, 3.8) is 0 Å². The maximum Gasteiger partial charge on any atom is 0.254 e. The minimum atomic E-state index is 0.0717. The van der Waals surface area contributed by atoms with Crippen LogP contribution < -0.4 is 5.32 Å². The standard InChI is InChI=1S/C20H22N2O2S/c1-13-10-18(13)19(23)21-16-4-2-15(3-5-16)20(24)22(17-6-7-17)11-14-8-9-25-12-14/h2-5,8-9,12-13,17-18H,6-7,10-11H2,1H3,(H,21,23). The van der Waals surface area contributed by atoms with Gasteiger partial charge in [-0.3, -0.25) is 9.59 Å². The molecule has 0 bridgehead atoms. The molecule has 1 N–H and O–H groups in total. The molecule has 1 aromatic carbocycles. The predicted octanol–water partition coefficient (Wildman–Crippen LogP) is 4.15. The number of hydrogen-bond acceptors (Lipinski definition) is 3. The number of benzene rings is 1. The quantitative estimate of drug-likeness (QED) is 0.847. The molecule has 0 spiro atoms. The van der Waals surface area contributed by atoms with Crippen LogP contribution in [-0.4, -0.2) is 22.8 Å². The van der Waals surface area contributed by atoms with Crippen molar-refractivity contribution >= 4 is 28.8 Å². The monoisotopic (exact) mass is 354 g/mol. The van der Waals surface area contributed by atoms with Gasteiger partial charge in [-0.25, -0.2) is 0 Å². The summed E-state index contributed by atoms with van der Waals surface area (Å²) in [5.74, 6) is 0.799. The normalized spacial score (nSPS) is 21.6. The van der Waals surface area contributed by atoms with Crippen molar-refractivity contribution in [3.8, 4) is 0 Å². The summed E-state index contributed by atoms with van der Waals surface area (Å²) in [6.07, 6.45) is 3.15. The molecule has 2 aliphatic rings. The number of nitrogens with one attached hydrogen (secondary N) is 1. The number of thiophene rings is 1. The highest BCUT2D eigenvalue weighted by Gasteiger charge is 2.39. The Morgan fingerprint density at radius 2 is 1.92 bits per heavy atom. The van der Waals surface area contributed by atoms with Crippen LogP contribution in [0.5, 0.6) is 0 Å². The Balaban J connectivity index is 1.43. The van der Waals surface area contributed by atoms with Gasteiger partial charge < -0.3 is 10.2 Å². The second-order valence-electron chi connectivity index (χ2n) is 7.18. The molecule has 2 saturated carbocycles. The highest BCUT2D eigenvalue weighted by Crippen LogP contribution is 2.38. The van der Waals surface area contributed by atoms with Gasteiger partial charge in [0.1, 0.15) is 0 Å². The van der Waals surface area contributed by atoms with E-state index in [9.17, 15) is 9.59 Å². The highest BCUT2D eigenvalue weighted by molar-refractivity contribution is 7.07. The number of rotatable bonds is 6. The van der Waals surface area contributed by atoms with E-state index in [1.807, 2.05) is 34.5 Å². The molecule has 2 amide bonds. The first-order valence-electron chi connectivity index (χ1n) is 8.85. The zero-order valence-electron chi connectivity index (χ0n) is 14.3. The van der Waals surface area contributed by atoms with E-state index in [-0.39, 0.29) is 17.7 Å². The number of carbonyl (C=O) groups excluding carboxylic acids is 2. The number of anilines is 1. The van der Waals surface area contributed by atoms with Gasteiger partial charge in [-0.1, -0.05) is 6.92 Å². The molecule has 1 heterocycles. The minimum Gasteiger partial charge on any atom is -0.331 e. The summed E-state index contributed by atoms with van der Waals surface area (Å²) >= 11 is 1.66. The number of hydrogen-bond donors (Lipinski definition) is 1. The number of carbonyl (C=O) groups is 2. The van der Waals surface area contributed by atoms with Crippen molar-refractivity contribution in [2.45, 2.75) is 38.8 Å². The topological polar surface area (TPSA) is 49.4 Å². The van der Waals surface area contributed by atoms with E-state index in [0.29, 0.717) is 24.1 Å². The van der Waals surface area contributed by atoms with Crippen molar-refractivity contribution < 1.29 is 9.59 Å². The highest BCUT2D eigenvalue weighted by atomic mass is 32.1. The molecular weight excluding hydrogens is 332 g/mol. The number of amides is 2. The van der Waals surface area contributed by atoms with Crippen molar-refractivity contribution in [2.24, 2.45) is 11.8 Å². The lowest BCUT2D eigenvalue weighted by molar-refractivity contribution is -0.117. The molecule has 5 heteroatoms. The van der Waals surface area contributed by atoms with E-state index in [1.54, 1.807) is 11.3 Å². The van der Waals surface area contributed by atoms with Crippen molar-refractivity contribution in [2.75, 3.05) is 5.32 Å². The third-order valence-corrected chi connectivity index (χ3v) is 5.76. The molecule has 25 heavy (non-hydrogen) atoms. The maximum atomic E-state index is 12.9. The van der Waals surface area contributed by atoms with Gasteiger partial charge in [0, 0.05) is 29.8 Å². The Kier molecular flexibility index (Phi) is 4.34. The second kappa shape index (κ2) is 6.64. The van der Waals surface area contributed by atoms with Crippen molar-refractivity contribution in [1.82, 2.24) is 4.90 Å². The summed E-state index contributed by atoms with van der Waals surface area (Å²) in [6, 6.07) is 9.73. The predicted molar refractivity (Wildman–Crippen MR) is 99.6 cm³/mol. The molecule has 0 radical (unpaired) electrons. The molecule has 2 atom stereocenters. The Bertz CT molecular complexity index is 766. The van der Waals surface area contributed by atoms with E-state index in [1.165, 1.54) is 5.56 Å². The summed E-state index contributed by atoms with van der Waals surface area (Å²) in [5, 5.41) is 7.08. The van der Waals surface area contributed by atoms with Gasteiger partial charge in [0.2, 0.25) is 5.91 Å². The van der Waals surface area contributed by atoms with Gasteiger partial charge in [-0.2, -0.15) is 11.3 Å². The van der Waals surface area contributed by atoms with Crippen LogP contribution in [0.4, 0.5) is 5.69 Å². The largest absolute Gasteiger partial charge is 0.331 e. The molecule has 2 unspecified atom stereocenters.